The zero-order valence-electron chi connectivity index (χ0n) is 17.1. The van der Waals surface area contributed by atoms with Gasteiger partial charge in [0.05, 0.1) is 30.4 Å². The number of fused-ring (bicyclic) bond motifs is 1. The van der Waals surface area contributed by atoms with Crippen LogP contribution in [0.25, 0.3) is 10.9 Å². The summed E-state index contributed by atoms with van der Waals surface area (Å²) in [5.74, 6) is 0. The van der Waals surface area contributed by atoms with Crippen LogP contribution in [0, 0.1) is 0 Å². The van der Waals surface area contributed by atoms with Crippen LogP contribution < -0.4 is 10.5 Å². The molecule has 4 rings (SSSR count). The third kappa shape index (κ3) is 4.22. The molecule has 0 spiro atoms. The Morgan fingerprint density at radius 2 is 1.60 bits per heavy atom. The summed E-state index contributed by atoms with van der Waals surface area (Å²) in [5, 5.41) is 9.57. The molecule has 0 amide bonds. The van der Waals surface area contributed by atoms with E-state index in [-0.39, 0.29) is 18.7 Å². The molecule has 2 fully saturated rings. The summed E-state index contributed by atoms with van der Waals surface area (Å²) in [6.07, 6.45) is 5.52. The summed E-state index contributed by atoms with van der Waals surface area (Å²) in [7, 11) is -3.40. The van der Waals surface area contributed by atoms with E-state index in [4.69, 9.17) is 5.11 Å². The van der Waals surface area contributed by atoms with Gasteiger partial charge >= 0.3 is 0 Å². The van der Waals surface area contributed by atoms with Crippen molar-refractivity contribution in [3.63, 3.8) is 0 Å². The normalized spacial score (nSPS) is 19.8. The molecular weight excluding hydrogens is 406 g/mol. The van der Waals surface area contributed by atoms with Gasteiger partial charge in [-0.25, -0.2) is 4.98 Å². The van der Waals surface area contributed by atoms with Crippen molar-refractivity contribution in [1.29, 1.82) is 0 Å². The zero-order valence-corrected chi connectivity index (χ0v) is 17.9. The van der Waals surface area contributed by atoms with Crippen molar-refractivity contribution in [3.8, 4) is 0 Å². The van der Waals surface area contributed by atoms with Crippen molar-refractivity contribution in [2.45, 2.75) is 32.2 Å². The van der Waals surface area contributed by atoms with Crippen LogP contribution in [0.2, 0.25) is 0 Å². The number of rotatable bonds is 5. The number of hydrogen-bond donors (Lipinski definition) is 1. The molecule has 164 valence electrons. The molecule has 0 unspecified atom stereocenters. The highest BCUT2D eigenvalue weighted by molar-refractivity contribution is 7.86. The molecule has 3 heterocycles. The molecule has 2 saturated heterocycles. The van der Waals surface area contributed by atoms with Crippen molar-refractivity contribution < 1.29 is 13.5 Å². The van der Waals surface area contributed by atoms with Gasteiger partial charge in [0.2, 0.25) is 0 Å². The van der Waals surface area contributed by atoms with Crippen molar-refractivity contribution in [2.75, 3.05) is 50.8 Å². The van der Waals surface area contributed by atoms with E-state index in [1.165, 1.54) is 10.9 Å². The Labute approximate surface area is 176 Å². The van der Waals surface area contributed by atoms with E-state index in [2.05, 4.69) is 9.88 Å². The van der Waals surface area contributed by atoms with E-state index in [0.717, 1.165) is 31.4 Å². The first-order chi connectivity index (χ1) is 14.5. The molecule has 2 aliphatic rings. The van der Waals surface area contributed by atoms with E-state index in [9.17, 15) is 13.2 Å². The summed E-state index contributed by atoms with van der Waals surface area (Å²) >= 11 is 0. The number of aromatic nitrogens is 2. The predicted molar refractivity (Wildman–Crippen MR) is 116 cm³/mol. The van der Waals surface area contributed by atoms with Gasteiger partial charge in [0.25, 0.3) is 15.8 Å². The van der Waals surface area contributed by atoms with Gasteiger partial charge in [-0.2, -0.15) is 17.0 Å². The van der Waals surface area contributed by atoms with Gasteiger partial charge in [0.15, 0.2) is 0 Å². The van der Waals surface area contributed by atoms with E-state index < -0.39 is 10.2 Å². The van der Waals surface area contributed by atoms with Crippen molar-refractivity contribution in [3.05, 3.63) is 34.9 Å². The molecular formula is C20H29N5O4S. The lowest BCUT2D eigenvalue weighted by Gasteiger charge is -2.37. The Kier molecular flexibility index (Phi) is 6.37. The number of hydrogen-bond acceptors (Lipinski definition) is 6. The maximum atomic E-state index is 13.0. The summed E-state index contributed by atoms with van der Waals surface area (Å²) in [6.45, 7) is 3.43. The molecule has 0 saturated carbocycles. The Hall–Kier alpha value is -2.01. The number of anilines is 1. The first kappa shape index (κ1) is 21.2. The number of nitrogens with zero attached hydrogens (tertiary/aromatic N) is 5. The van der Waals surface area contributed by atoms with Gasteiger partial charge in [-0.3, -0.25) is 9.36 Å². The quantitative estimate of drug-likeness (QED) is 0.740. The maximum Gasteiger partial charge on any atom is 0.282 e. The van der Waals surface area contributed by atoms with Crippen LogP contribution >= 0.6 is 0 Å². The van der Waals surface area contributed by atoms with Gasteiger partial charge in [-0.05, 0) is 31.0 Å². The fourth-order valence-corrected chi connectivity index (χ4v) is 5.89. The predicted octanol–water partition coefficient (Wildman–Crippen LogP) is 0.632. The largest absolute Gasteiger partial charge is 0.395 e. The van der Waals surface area contributed by atoms with Gasteiger partial charge in [-0.1, -0.05) is 12.8 Å². The average molecular weight is 436 g/mol. The fraction of sp³-hybridized carbons (Fsp3) is 0.600. The Morgan fingerprint density at radius 1 is 0.933 bits per heavy atom. The van der Waals surface area contributed by atoms with Crippen LogP contribution in [0.5, 0.6) is 0 Å². The highest BCUT2D eigenvalue weighted by Gasteiger charge is 2.32. The molecule has 30 heavy (non-hydrogen) atoms. The van der Waals surface area contributed by atoms with Crippen LogP contribution in [-0.2, 0) is 16.8 Å². The van der Waals surface area contributed by atoms with Crippen LogP contribution in [0.1, 0.15) is 25.7 Å². The second-order valence-corrected chi connectivity index (χ2v) is 9.80. The standard InChI is InChI=1S/C20H29N5O4S/c26-14-13-23-16-21-19-15-17(5-6-18(19)20(23)27)22-9-11-25(12-10-22)30(28,29)24-7-3-1-2-4-8-24/h5-6,15-16,26H,1-4,7-14H2. The minimum atomic E-state index is -3.40. The van der Waals surface area contributed by atoms with E-state index in [0.29, 0.717) is 50.2 Å². The van der Waals surface area contributed by atoms with Gasteiger partial charge in [0.1, 0.15) is 0 Å². The topological polar surface area (TPSA) is 99.0 Å². The maximum absolute atomic E-state index is 13.0. The second kappa shape index (κ2) is 9.01. The molecule has 2 aromatic rings. The molecule has 10 heteroatoms. The van der Waals surface area contributed by atoms with Gasteiger partial charge < -0.3 is 10.0 Å². The van der Waals surface area contributed by atoms with Crippen LogP contribution in [0.3, 0.4) is 0 Å². The minimum absolute atomic E-state index is 0.115. The highest BCUT2D eigenvalue weighted by atomic mass is 32.2. The first-order valence-corrected chi connectivity index (χ1v) is 12.0. The Bertz CT molecular complexity index is 1040. The zero-order chi connectivity index (χ0) is 21.1. The highest BCUT2D eigenvalue weighted by Crippen LogP contribution is 2.23. The number of benzene rings is 1. The molecule has 1 aromatic carbocycles. The fourth-order valence-electron chi connectivity index (χ4n) is 4.22. The van der Waals surface area contributed by atoms with Crippen molar-refractivity contribution >= 4 is 26.8 Å². The third-order valence-corrected chi connectivity index (χ3v) is 8.01. The Balaban J connectivity index is 1.46. The smallest absolute Gasteiger partial charge is 0.282 e. The SMILES string of the molecule is O=c1c2ccc(N3CCN(S(=O)(=O)N4CCCCCC4)CC3)cc2ncn1CCO. The van der Waals surface area contributed by atoms with E-state index in [1.54, 1.807) is 14.7 Å². The molecule has 0 aliphatic carbocycles. The third-order valence-electron chi connectivity index (χ3n) is 5.97. The summed E-state index contributed by atoms with van der Waals surface area (Å²) in [6, 6.07) is 5.51. The number of piperazine rings is 1. The molecule has 0 radical (unpaired) electrons. The summed E-state index contributed by atoms with van der Waals surface area (Å²) in [5.41, 5.74) is 1.36. The molecule has 1 N–H and O–H groups in total. The van der Waals surface area contributed by atoms with Crippen LogP contribution in [0.4, 0.5) is 5.69 Å². The van der Waals surface area contributed by atoms with Gasteiger partial charge in [-0.15, -0.1) is 0 Å². The monoisotopic (exact) mass is 435 g/mol. The van der Waals surface area contributed by atoms with Crippen molar-refractivity contribution in [1.82, 2.24) is 18.2 Å². The second-order valence-electron chi connectivity index (χ2n) is 7.88. The summed E-state index contributed by atoms with van der Waals surface area (Å²) < 4.78 is 30.6. The lowest BCUT2D eigenvalue weighted by atomic mass is 10.2. The van der Waals surface area contributed by atoms with Crippen molar-refractivity contribution in [2.24, 2.45) is 0 Å². The minimum Gasteiger partial charge on any atom is -0.395 e. The molecule has 2 aliphatic heterocycles. The van der Waals surface area contributed by atoms with Crippen LogP contribution in [0.15, 0.2) is 29.3 Å². The van der Waals surface area contributed by atoms with E-state index in [1.807, 2.05) is 12.1 Å². The summed E-state index contributed by atoms with van der Waals surface area (Å²) in [4.78, 5) is 18.9. The molecule has 1 aromatic heterocycles. The molecule has 9 nitrogen and oxygen atoms in total. The van der Waals surface area contributed by atoms with E-state index >= 15 is 0 Å². The lowest BCUT2D eigenvalue weighted by Crippen LogP contribution is -2.53. The number of aliphatic hydroxyl groups excluding tert-OH is 1. The van der Waals surface area contributed by atoms with Gasteiger partial charge in [0, 0.05) is 45.0 Å². The lowest BCUT2D eigenvalue weighted by molar-refractivity contribution is 0.274. The molecule has 0 bridgehead atoms. The average Bonchev–Trinajstić information content (AvgIpc) is 3.06. The first-order valence-electron chi connectivity index (χ1n) is 10.6. The number of aliphatic hydroxyl groups is 1. The molecule has 0 atom stereocenters. The Morgan fingerprint density at radius 3 is 2.27 bits per heavy atom. The van der Waals surface area contributed by atoms with Crippen LogP contribution in [-0.4, -0.2) is 77.6 Å².